The molecule has 0 amide bonds. The zero-order valence-electron chi connectivity index (χ0n) is 7.00. The maximum atomic E-state index is 3.60. The Morgan fingerprint density at radius 1 is 0.700 bits per heavy atom. The van der Waals surface area contributed by atoms with E-state index in [1.807, 2.05) is 0 Å². The molecule has 0 saturated heterocycles. The lowest BCUT2D eigenvalue weighted by molar-refractivity contribution is 1.31. The highest BCUT2D eigenvalue weighted by Crippen LogP contribution is 2.29. The summed E-state index contributed by atoms with van der Waals surface area (Å²) in [5.41, 5.74) is 5.60. The van der Waals surface area contributed by atoms with E-state index in [0.29, 0.717) is 0 Å². The van der Waals surface area contributed by atoms with Crippen molar-refractivity contribution in [3.63, 3.8) is 0 Å². The molecule has 0 aliphatic heterocycles. The summed E-state index contributed by atoms with van der Waals surface area (Å²) in [6.45, 7) is 8.64. The first-order chi connectivity index (χ1) is 4.55. The number of hydrogen-bond donors (Lipinski definition) is 0. The molecule has 0 heterocycles. The van der Waals surface area contributed by atoms with E-state index in [1.54, 1.807) is 0 Å². The van der Waals surface area contributed by atoms with Gasteiger partial charge in [-0.25, -0.2) is 0 Å². The molecule has 0 nitrogen and oxygen atoms in total. The van der Waals surface area contributed by atoms with Gasteiger partial charge in [0.2, 0.25) is 0 Å². The highest BCUT2D eigenvalue weighted by Gasteiger charge is 2.15. The quantitative estimate of drug-likeness (QED) is 0.468. The van der Waals surface area contributed by atoms with Gasteiger partial charge in [-0.1, -0.05) is 0 Å². The standard InChI is InChI=1S/C9H13P/c1-5-6(2)8(4)9(10)7(5)3/h10H,1-4H3. The van der Waals surface area contributed by atoms with Crippen molar-refractivity contribution in [1.82, 2.24) is 0 Å². The molecule has 0 aromatic heterocycles. The summed E-state index contributed by atoms with van der Waals surface area (Å²) >= 11 is 0. The molecule has 1 aliphatic carbocycles. The lowest BCUT2D eigenvalue weighted by Crippen LogP contribution is -1.91. The SMILES string of the molecule is CC1=C(C)C(C)=C(C)C1=P. The van der Waals surface area contributed by atoms with Crippen molar-refractivity contribution >= 4 is 14.2 Å². The molecule has 0 N–H and O–H groups in total. The van der Waals surface area contributed by atoms with Crippen molar-refractivity contribution in [1.29, 1.82) is 0 Å². The van der Waals surface area contributed by atoms with Crippen LogP contribution in [0.15, 0.2) is 22.3 Å². The maximum Gasteiger partial charge on any atom is 0.000848 e. The molecule has 0 radical (unpaired) electrons. The topological polar surface area (TPSA) is 0 Å². The van der Waals surface area contributed by atoms with Gasteiger partial charge >= 0.3 is 0 Å². The third kappa shape index (κ3) is 0.876. The summed E-state index contributed by atoms with van der Waals surface area (Å²) in [5, 5.41) is 1.27. The lowest BCUT2D eigenvalue weighted by Gasteiger charge is -1.95. The van der Waals surface area contributed by atoms with Crippen LogP contribution in [-0.2, 0) is 0 Å². The Balaban J connectivity index is 3.22. The van der Waals surface area contributed by atoms with Crippen LogP contribution in [0.25, 0.3) is 0 Å². The Morgan fingerprint density at radius 3 is 1.10 bits per heavy atom. The largest absolute Gasteiger partial charge is 0.114 e. The second-order valence-corrected chi connectivity index (χ2v) is 3.38. The minimum atomic E-state index is 1.27. The first-order valence-electron chi connectivity index (χ1n) is 3.50. The average molecular weight is 152 g/mol. The van der Waals surface area contributed by atoms with Crippen LogP contribution in [0.4, 0.5) is 0 Å². The van der Waals surface area contributed by atoms with Gasteiger partial charge in [-0.3, -0.25) is 0 Å². The van der Waals surface area contributed by atoms with Gasteiger partial charge in [-0.15, -0.1) is 8.86 Å². The van der Waals surface area contributed by atoms with Gasteiger partial charge in [0.05, 0.1) is 0 Å². The van der Waals surface area contributed by atoms with Gasteiger partial charge in [0.1, 0.15) is 0 Å². The monoisotopic (exact) mass is 152 g/mol. The molecule has 0 unspecified atom stereocenters. The van der Waals surface area contributed by atoms with Gasteiger partial charge < -0.3 is 0 Å². The summed E-state index contributed by atoms with van der Waals surface area (Å²) in [4.78, 5) is 0. The normalized spacial score (nSPS) is 19.4. The third-order valence-corrected chi connectivity index (χ3v) is 3.19. The van der Waals surface area contributed by atoms with Crippen molar-refractivity contribution in [2.24, 2.45) is 0 Å². The first-order valence-corrected chi connectivity index (χ1v) is 4.00. The Hall–Kier alpha value is -0.350. The fourth-order valence-corrected chi connectivity index (χ4v) is 1.59. The molecule has 0 saturated carbocycles. The second kappa shape index (κ2) is 2.36. The number of rotatable bonds is 0. The summed E-state index contributed by atoms with van der Waals surface area (Å²) < 4.78 is 0. The van der Waals surface area contributed by atoms with Crippen LogP contribution >= 0.6 is 8.86 Å². The fourth-order valence-electron chi connectivity index (χ4n) is 1.22. The first kappa shape index (κ1) is 7.75. The van der Waals surface area contributed by atoms with E-state index >= 15 is 0 Å². The molecular formula is C9H13P. The van der Waals surface area contributed by atoms with E-state index < -0.39 is 0 Å². The lowest BCUT2D eigenvalue weighted by atomic mass is 10.1. The molecule has 0 aromatic rings. The van der Waals surface area contributed by atoms with E-state index in [0.717, 1.165) is 0 Å². The minimum Gasteiger partial charge on any atom is -0.114 e. The predicted molar refractivity (Wildman–Crippen MR) is 50.1 cm³/mol. The van der Waals surface area contributed by atoms with Crippen molar-refractivity contribution in [2.75, 3.05) is 0 Å². The summed E-state index contributed by atoms with van der Waals surface area (Å²) in [6.07, 6.45) is 0. The van der Waals surface area contributed by atoms with Crippen molar-refractivity contribution in [3.8, 4) is 0 Å². The molecule has 10 heavy (non-hydrogen) atoms. The predicted octanol–water partition coefficient (Wildman–Crippen LogP) is 2.99. The van der Waals surface area contributed by atoms with Crippen molar-refractivity contribution in [3.05, 3.63) is 22.3 Å². The maximum absolute atomic E-state index is 3.60. The highest BCUT2D eigenvalue weighted by atomic mass is 31.0. The molecule has 0 bridgehead atoms. The summed E-state index contributed by atoms with van der Waals surface area (Å²) in [7, 11) is 3.60. The molecule has 0 atom stereocenters. The zero-order valence-corrected chi connectivity index (χ0v) is 8.00. The van der Waals surface area contributed by atoms with Gasteiger partial charge in [0.15, 0.2) is 0 Å². The fraction of sp³-hybridized carbons (Fsp3) is 0.444. The van der Waals surface area contributed by atoms with Crippen LogP contribution in [-0.4, -0.2) is 5.29 Å². The third-order valence-electron chi connectivity index (χ3n) is 2.44. The van der Waals surface area contributed by atoms with Crippen molar-refractivity contribution < 1.29 is 0 Å². The van der Waals surface area contributed by atoms with E-state index in [-0.39, 0.29) is 0 Å². The van der Waals surface area contributed by atoms with Gasteiger partial charge in [0, 0.05) is 5.29 Å². The van der Waals surface area contributed by atoms with Crippen LogP contribution in [0, 0.1) is 0 Å². The van der Waals surface area contributed by atoms with Gasteiger partial charge in [0.25, 0.3) is 0 Å². The molecule has 0 spiro atoms. The van der Waals surface area contributed by atoms with Gasteiger partial charge in [-0.05, 0) is 50.0 Å². The highest BCUT2D eigenvalue weighted by molar-refractivity contribution is 7.23. The minimum absolute atomic E-state index is 1.27. The molecule has 1 rings (SSSR count). The molecule has 1 aliphatic rings. The zero-order chi connectivity index (χ0) is 7.89. The second-order valence-electron chi connectivity index (χ2n) is 2.88. The molecule has 54 valence electrons. The van der Waals surface area contributed by atoms with Crippen LogP contribution in [0.5, 0.6) is 0 Å². The van der Waals surface area contributed by atoms with Crippen LogP contribution in [0.3, 0.4) is 0 Å². The van der Waals surface area contributed by atoms with Crippen LogP contribution in [0.1, 0.15) is 27.7 Å². The average Bonchev–Trinajstić information content (AvgIpc) is 2.07. The Labute approximate surface area is 64.9 Å². The Kier molecular flexibility index (Phi) is 1.83. The number of hydrogen-bond acceptors (Lipinski definition) is 0. The van der Waals surface area contributed by atoms with E-state index in [9.17, 15) is 0 Å². The van der Waals surface area contributed by atoms with Crippen LogP contribution < -0.4 is 0 Å². The Bertz CT molecular complexity index is 228. The van der Waals surface area contributed by atoms with E-state index in [4.69, 9.17) is 0 Å². The summed E-state index contributed by atoms with van der Waals surface area (Å²) in [6, 6.07) is 0. The van der Waals surface area contributed by atoms with Gasteiger partial charge in [-0.2, -0.15) is 0 Å². The van der Waals surface area contributed by atoms with E-state index in [1.165, 1.54) is 27.6 Å². The van der Waals surface area contributed by atoms with Crippen molar-refractivity contribution in [2.45, 2.75) is 27.7 Å². The van der Waals surface area contributed by atoms with Crippen LogP contribution in [0.2, 0.25) is 0 Å². The molecular weight excluding hydrogens is 139 g/mol. The molecule has 1 heteroatoms. The molecule has 0 fully saturated rings. The smallest absolute Gasteiger partial charge is 0.000848 e. The number of allylic oxidation sites excluding steroid dienone is 4. The molecule has 0 aromatic carbocycles. The van der Waals surface area contributed by atoms with E-state index in [2.05, 4.69) is 36.6 Å². The summed E-state index contributed by atoms with van der Waals surface area (Å²) in [5.74, 6) is 0. The Morgan fingerprint density at radius 2 is 1.00 bits per heavy atom.